The van der Waals surface area contributed by atoms with Gasteiger partial charge >= 0.3 is 5.97 Å². The number of hydrogen-bond donors (Lipinski definition) is 1. The summed E-state index contributed by atoms with van der Waals surface area (Å²) in [5.74, 6) is 0.948. The minimum absolute atomic E-state index is 0.109. The van der Waals surface area contributed by atoms with Crippen LogP contribution in [-0.4, -0.2) is 35.8 Å². The van der Waals surface area contributed by atoms with Gasteiger partial charge in [0.15, 0.2) is 5.13 Å². The average Bonchev–Trinajstić information content (AvgIpc) is 3.12. The molecule has 0 saturated heterocycles. The van der Waals surface area contributed by atoms with Crippen LogP contribution >= 0.6 is 11.3 Å². The third-order valence-corrected chi connectivity index (χ3v) is 5.85. The van der Waals surface area contributed by atoms with Crippen molar-refractivity contribution in [3.8, 4) is 17.0 Å². The van der Waals surface area contributed by atoms with Gasteiger partial charge in [-0.2, -0.15) is 0 Å². The maximum atomic E-state index is 10.7. The summed E-state index contributed by atoms with van der Waals surface area (Å²) >= 11 is 1.53. The maximum Gasteiger partial charge on any atom is 0.305 e. The highest BCUT2D eigenvalue weighted by atomic mass is 32.1. The first-order valence-corrected chi connectivity index (χ1v) is 10.0. The predicted octanol–water partition coefficient (Wildman–Crippen LogP) is 4.68. The molecule has 1 aliphatic rings. The van der Waals surface area contributed by atoms with Crippen LogP contribution in [0.1, 0.15) is 39.0 Å². The third kappa shape index (κ3) is 4.97. The Morgan fingerprint density at radius 3 is 2.62 bits per heavy atom. The zero-order valence-electron chi connectivity index (χ0n) is 15.4. The summed E-state index contributed by atoms with van der Waals surface area (Å²) in [6, 6.07) is 8.11. The van der Waals surface area contributed by atoms with Crippen molar-refractivity contribution in [3.63, 3.8) is 0 Å². The largest absolute Gasteiger partial charge is 0.490 e. The number of carbonyl (C=O) groups is 1. The second kappa shape index (κ2) is 8.54. The molecular formula is C20H26N2O3S. The summed E-state index contributed by atoms with van der Waals surface area (Å²) in [4.78, 5) is 17.2. The highest BCUT2D eigenvalue weighted by Gasteiger charge is 2.19. The summed E-state index contributed by atoms with van der Waals surface area (Å²) in [6.45, 7) is 2.77. The number of anilines is 1. The zero-order valence-corrected chi connectivity index (χ0v) is 16.2. The van der Waals surface area contributed by atoms with Gasteiger partial charge in [0.2, 0.25) is 0 Å². The predicted molar refractivity (Wildman–Crippen MR) is 105 cm³/mol. The zero-order chi connectivity index (χ0) is 18.5. The van der Waals surface area contributed by atoms with Crippen LogP contribution in [0.5, 0.6) is 5.75 Å². The number of rotatable bonds is 7. The normalized spacial score (nSPS) is 19.9. The van der Waals surface area contributed by atoms with Crippen molar-refractivity contribution in [1.82, 2.24) is 4.98 Å². The fourth-order valence-corrected chi connectivity index (χ4v) is 4.00. The second-order valence-corrected chi connectivity index (χ2v) is 7.94. The molecule has 3 rings (SSSR count). The monoisotopic (exact) mass is 374 g/mol. The molecular weight excluding hydrogens is 348 g/mol. The van der Waals surface area contributed by atoms with Gasteiger partial charge in [0, 0.05) is 24.5 Å². The van der Waals surface area contributed by atoms with Crippen molar-refractivity contribution < 1.29 is 14.6 Å². The van der Waals surface area contributed by atoms with Crippen molar-refractivity contribution >= 4 is 22.4 Å². The van der Waals surface area contributed by atoms with Gasteiger partial charge in [-0.15, -0.1) is 11.3 Å². The number of thiazole rings is 1. The Morgan fingerprint density at radius 2 is 1.96 bits per heavy atom. The molecule has 26 heavy (non-hydrogen) atoms. The number of carboxylic acids is 1. The fraction of sp³-hybridized carbons (Fsp3) is 0.500. The number of benzene rings is 1. The van der Waals surface area contributed by atoms with E-state index in [0.29, 0.717) is 12.6 Å². The highest BCUT2D eigenvalue weighted by molar-refractivity contribution is 7.14. The van der Waals surface area contributed by atoms with Crippen LogP contribution in [0.2, 0.25) is 0 Å². The van der Waals surface area contributed by atoms with Gasteiger partial charge in [-0.25, -0.2) is 4.98 Å². The quantitative estimate of drug-likeness (QED) is 0.762. The Balaban J connectivity index is 1.59. The first-order valence-electron chi connectivity index (χ1n) is 9.17. The minimum Gasteiger partial charge on any atom is -0.490 e. The summed E-state index contributed by atoms with van der Waals surface area (Å²) < 4.78 is 6.11. The average molecular weight is 375 g/mol. The van der Waals surface area contributed by atoms with Crippen LogP contribution in [0.4, 0.5) is 5.13 Å². The van der Waals surface area contributed by atoms with Gasteiger partial charge in [0.1, 0.15) is 5.75 Å². The molecule has 5 nitrogen and oxygen atoms in total. The van der Waals surface area contributed by atoms with Crippen molar-refractivity contribution in [2.45, 2.75) is 45.1 Å². The van der Waals surface area contributed by atoms with E-state index in [1.807, 2.05) is 41.6 Å². The first kappa shape index (κ1) is 18.7. The minimum atomic E-state index is -0.795. The molecule has 0 aliphatic heterocycles. The molecule has 1 aliphatic carbocycles. The van der Waals surface area contributed by atoms with Gasteiger partial charge in [-0.3, -0.25) is 4.79 Å². The maximum absolute atomic E-state index is 10.7. The number of aromatic nitrogens is 1. The van der Waals surface area contributed by atoms with Crippen LogP contribution in [0.3, 0.4) is 0 Å². The molecule has 0 bridgehead atoms. The molecule has 1 N–H and O–H groups in total. The summed E-state index contributed by atoms with van der Waals surface area (Å²) in [5.41, 5.74) is 1.95. The lowest BCUT2D eigenvalue weighted by Gasteiger charge is -2.26. The molecule has 1 saturated carbocycles. The van der Waals surface area contributed by atoms with E-state index < -0.39 is 5.97 Å². The Bertz CT molecular complexity index is 721. The van der Waals surface area contributed by atoms with Crippen LogP contribution in [0.15, 0.2) is 29.6 Å². The van der Waals surface area contributed by atoms with Crippen LogP contribution in [0, 0.1) is 5.92 Å². The van der Waals surface area contributed by atoms with Gasteiger partial charge < -0.3 is 14.7 Å². The van der Waals surface area contributed by atoms with E-state index in [1.165, 1.54) is 24.2 Å². The van der Waals surface area contributed by atoms with E-state index >= 15 is 0 Å². The van der Waals surface area contributed by atoms with E-state index in [0.717, 1.165) is 40.9 Å². The smallest absolute Gasteiger partial charge is 0.305 e. The number of aliphatic carboxylic acids is 1. The van der Waals surface area contributed by atoms with E-state index in [4.69, 9.17) is 9.84 Å². The second-order valence-electron chi connectivity index (χ2n) is 7.10. The SMILES string of the molecule is CC1CCC(Oc2ccc(-c3csc(N(C)CCC(=O)O)n3)cc2)CC1. The Hall–Kier alpha value is -2.08. The van der Waals surface area contributed by atoms with E-state index in [9.17, 15) is 4.79 Å². The third-order valence-electron chi connectivity index (χ3n) is 4.90. The molecule has 0 amide bonds. The van der Waals surface area contributed by atoms with Crippen molar-refractivity contribution in [2.75, 3.05) is 18.5 Å². The molecule has 0 atom stereocenters. The Kier molecular flexibility index (Phi) is 6.14. The van der Waals surface area contributed by atoms with E-state index in [2.05, 4.69) is 11.9 Å². The number of hydrogen-bond acceptors (Lipinski definition) is 5. The lowest BCUT2D eigenvalue weighted by atomic mass is 9.89. The molecule has 140 valence electrons. The molecule has 0 radical (unpaired) electrons. The Labute approximate surface area is 158 Å². The molecule has 1 heterocycles. The summed E-state index contributed by atoms with van der Waals surface area (Å²) in [5, 5.41) is 11.6. The number of nitrogens with zero attached hydrogens (tertiary/aromatic N) is 2. The molecule has 0 unspecified atom stereocenters. The molecule has 1 aromatic heterocycles. The van der Waals surface area contributed by atoms with Crippen molar-refractivity contribution in [3.05, 3.63) is 29.6 Å². The van der Waals surface area contributed by atoms with Gasteiger partial charge in [-0.1, -0.05) is 6.92 Å². The van der Waals surface area contributed by atoms with Crippen molar-refractivity contribution in [2.24, 2.45) is 5.92 Å². The molecule has 2 aromatic rings. The molecule has 1 aromatic carbocycles. The van der Waals surface area contributed by atoms with Crippen LogP contribution in [0.25, 0.3) is 11.3 Å². The van der Waals surface area contributed by atoms with Crippen molar-refractivity contribution in [1.29, 1.82) is 0 Å². The summed E-state index contributed by atoms with van der Waals surface area (Å²) in [6.07, 6.45) is 5.23. The van der Waals surface area contributed by atoms with E-state index in [-0.39, 0.29) is 6.42 Å². The van der Waals surface area contributed by atoms with Gasteiger partial charge in [0.05, 0.1) is 18.2 Å². The van der Waals surface area contributed by atoms with Gasteiger partial charge in [0.25, 0.3) is 0 Å². The lowest BCUT2D eigenvalue weighted by molar-refractivity contribution is -0.136. The number of carboxylic acid groups (broad SMARTS) is 1. The molecule has 0 spiro atoms. The number of ether oxygens (including phenoxy) is 1. The topological polar surface area (TPSA) is 62.7 Å². The van der Waals surface area contributed by atoms with Crippen LogP contribution in [-0.2, 0) is 4.79 Å². The summed E-state index contributed by atoms with van der Waals surface area (Å²) in [7, 11) is 1.87. The standard InChI is InChI=1S/C20H26N2O3S/c1-14-3-7-16(8-4-14)25-17-9-5-15(6-10-17)18-13-26-20(21-18)22(2)12-11-19(23)24/h5-6,9-10,13-14,16H,3-4,7-8,11-12H2,1-2H3,(H,23,24). The lowest BCUT2D eigenvalue weighted by Crippen LogP contribution is -2.22. The first-order chi connectivity index (χ1) is 12.5. The molecule has 1 fully saturated rings. The molecule has 6 heteroatoms. The van der Waals surface area contributed by atoms with Crippen LogP contribution < -0.4 is 9.64 Å². The fourth-order valence-electron chi connectivity index (χ4n) is 3.18. The van der Waals surface area contributed by atoms with E-state index in [1.54, 1.807) is 0 Å². The van der Waals surface area contributed by atoms with Gasteiger partial charge in [-0.05, 0) is 55.9 Å². The Morgan fingerprint density at radius 1 is 1.27 bits per heavy atom. The highest BCUT2D eigenvalue weighted by Crippen LogP contribution is 2.30.